The molecule has 1 aromatic rings. The standard InChI is InChI=1S/C14H18O3/c1-3-10(15)9-14(2)11(6-7-13(14)16)12-5-4-8-17-12/h3-5,8,11,13,16H,1,6-7,9H2,2H3/t11-,13-,14-/m0/s1. The Bertz CT molecular complexity index is 407. The van der Waals surface area contributed by atoms with Gasteiger partial charge in [-0.25, -0.2) is 0 Å². The summed E-state index contributed by atoms with van der Waals surface area (Å²) in [5.74, 6) is 0.947. The monoisotopic (exact) mass is 234 g/mol. The molecular weight excluding hydrogens is 216 g/mol. The minimum Gasteiger partial charge on any atom is -0.469 e. The fraction of sp³-hybridized carbons (Fsp3) is 0.500. The Balaban J connectivity index is 2.27. The van der Waals surface area contributed by atoms with Gasteiger partial charge in [-0.2, -0.15) is 0 Å². The molecule has 3 atom stereocenters. The van der Waals surface area contributed by atoms with Crippen molar-refractivity contribution in [3.8, 4) is 0 Å². The van der Waals surface area contributed by atoms with Crippen LogP contribution < -0.4 is 0 Å². The summed E-state index contributed by atoms with van der Waals surface area (Å²) in [6.07, 6.45) is 4.40. The van der Waals surface area contributed by atoms with Crippen LogP contribution in [0.15, 0.2) is 35.5 Å². The van der Waals surface area contributed by atoms with E-state index in [2.05, 4.69) is 6.58 Å². The first-order valence-corrected chi connectivity index (χ1v) is 5.94. The zero-order valence-corrected chi connectivity index (χ0v) is 10.1. The minimum absolute atomic E-state index is 0.0231. The molecule has 0 aromatic carbocycles. The van der Waals surface area contributed by atoms with Gasteiger partial charge in [0.05, 0.1) is 12.4 Å². The van der Waals surface area contributed by atoms with Crippen LogP contribution in [-0.4, -0.2) is 17.0 Å². The van der Waals surface area contributed by atoms with Crippen molar-refractivity contribution in [3.63, 3.8) is 0 Å². The number of aliphatic hydroxyl groups excluding tert-OH is 1. The van der Waals surface area contributed by atoms with Crippen molar-refractivity contribution in [1.82, 2.24) is 0 Å². The summed E-state index contributed by atoms with van der Waals surface area (Å²) in [6.45, 7) is 5.45. The first-order chi connectivity index (χ1) is 8.08. The first-order valence-electron chi connectivity index (χ1n) is 5.94. The van der Waals surface area contributed by atoms with Crippen molar-refractivity contribution in [1.29, 1.82) is 0 Å². The van der Waals surface area contributed by atoms with Crippen LogP contribution in [0, 0.1) is 5.41 Å². The fourth-order valence-electron chi connectivity index (χ4n) is 2.86. The van der Waals surface area contributed by atoms with Gasteiger partial charge >= 0.3 is 0 Å². The summed E-state index contributed by atoms with van der Waals surface area (Å²) < 4.78 is 5.43. The zero-order chi connectivity index (χ0) is 12.5. The average Bonchev–Trinajstić information content (AvgIpc) is 2.89. The molecule has 0 radical (unpaired) electrons. The Kier molecular flexibility index (Phi) is 3.20. The van der Waals surface area contributed by atoms with E-state index in [4.69, 9.17) is 4.42 Å². The minimum atomic E-state index is -0.457. The molecule has 0 spiro atoms. The molecule has 1 aliphatic rings. The lowest BCUT2D eigenvalue weighted by Gasteiger charge is -2.32. The molecule has 0 unspecified atom stereocenters. The van der Waals surface area contributed by atoms with Gasteiger partial charge in [0.25, 0.3) is 0 Å². The van der Waals surface area contributed by atoms with Gasteiger partial charge in [-0.3, -0.25) is 4.79 Å². The van der Waals surface area contributed by atoms with Crippen LogP contribution in [0.3, 0.4) is 0 Å². The third-order valence-corrected chi connectivity index (χ3v) is 3.96. The van der Waals surface area contributed by atoms with Crippen LogP contribution in [-0.2, 0) is 4.79 Å². The summed E-state index contributed by atoms with van der Waals surface area (Å²) in [5.41, 5.74) is -0.441. The van der Waals surface area contributed by atoms with Crippen LogP contribution in [0.1, 0.15) is 37.9 Å². The molecular formula is C14H18O3. The normalized spacial score (nSPS) is 32.6. The van der Waals surface area contributed by atoms with Crippen LogP contribution in [0.5, 0.6) is 0 Å². The highest BCUT2D eigenvalue weighted by Gasteiger charge is 2.48. The third kappa shape index (κ3) is 2.07. The summed E-state index contributed by atoms with van der Waals surface area (Å²) in [6, 6.07) is 3.76. The summed E-state index contributed by atoms with van der Waals surface area (Å²) >= 11 is 0. The van der Waals surface area contributed by atoms with E-state index in [0.29, 0.717) is 12.8 Å². The summed E-state index contributed by atoms with van der Waals surface area (Å²) in [5, 5.41) is 10.1. The second kappa shape index (κ2) is 4.49. The van der Waals surface area contributed by atoms with Gasteiger partial charge in [0, 0.05) is 17.8 Å². The van der Waals surface area contributed by atoms with E-state index in [0.717, 1.165) is 12.2 Å². The number of hydrogen-bond acceptors (Lipinski definition) is 3. The second-order valence-corrected chi connectivity index (χ2v) is 5.01. The Morgan fingerprint density at radius 2 is 2.47 bits per heavy atom. The summed E-state index contributed by atoms with van der Waals surface area (Å²) in [7, 11) is 0. The van der Waals surface area contributed by atoms with Crippen LogP contribution in [0.4, 0.5) is 0 Å². The SMILES string of the molecule is C=CC(=O)C[C@]1(C)[C@@H](O)CC[C@H]1c1ccco1. The maximum atomic E-state index is 11.6. The molecule has 92 valence electrons. The van der Waals surface area contributed by atoms with Crippen molar-refractivity contribution in [2.75, 3.05) is 0 Å². The maximum Gasteiger partial charge on any atom is 0.155 e. The quantitative estimate of drug-likeness (QED) is 0.815. The lowest BCUT2D eigenvalue weighted by Crippen LogP contribution is -2.33. The maximum absolute atomic E-state index is 11.6. The second-order valence-electron chi connectivity index (χ2n) is 5.01. The third-order valence-electron chi connectivity index (χ3n) is 3.96. The molecule has 1 saturated carbocycles. The molecule has 1 aliphatic carbocycles. The van der Waals surface area contributed by atoms with Crippen molar-refractivity contribution in [3.05, 3.63) is 36.8 Å². The molecule has 3 nitrogen and oxygen atoms in total. The molecule has 2 rings (SSSR count). The lowest BCUT2D eigenvalue weighted by molar-refractivity contribution is -0.118. The number of hydrogen-bond donors (Lipinski definition) is 1. The van der Waals surface area contributed by atoms with Crippen molar-refractivity contribution in [2.24, 2.45) is 5.41 Å². The van der Waals surface area contributed by atoms with Crippen molar-refractivity contribution < 1.29 is 14.3 Å². The highest BCUT2D eigenvalue weighted by Crippen LogP contribution is 2.51. The van der Waals surface area contributed by atoms with Gasteiger partial charge in [0.2, 0.25) is 0 Å². The molecule has 1 N–H and O–H groups in total. The van der Waals surface area contributed by atoms with E-state index in [1.807, 2.05) is 19.1 Å². The molecule has 0 bridgehead atoms. The Morgan fingerprint density at radius 3 is 3.06 bits per heavy atom. The predicted molar refractivity (Wildman–Crippen MR) is 64.6 cm³/mol. The van der Waals surface area contributed by atoms with Gasteiger partial charge in [-0.05, 0) is 31.1 Å². The smallest absolute Gasteiger partial charge is 0.155 e. The molecule has 1 fully saturated rings. The van der Waals surface area contributed by atoms with Gasteiger partial charge < -0.3 is 9.52 Å². The molecule has 0 amide bonds. The van der Waals surface area contributed by atoms with E-state index in [1.165, 1.54) is 6.08 Å². The number of rotatable bonds is 4. The van der Waals surface area contributed by atoms with Crippen LogP contribution in [0.25, 0.3) is 0 Å². The van der Waals surface area contributed by atoms with Crippen LogP contribution in [0.2, 0.25) is 0 Å². The molecule has 3 heteroatoms. The molecule has 0 aliphatic heterocycles. The van der Waals surface area contributed by atoms with Crippen molar-refractivity contribution >= 4 is 5.78 Å². The number of allylic oxidation sites excluding steroid dienone is 1. The van der Waals surface area contributed by atoms with E-state index in [9.17, 15) is 9.90 Å². The van der Waals surface area contributed by atoms with Crippen molar-refractivity contribution in [2.45, 2.75) is 38.2 Å². The molecule has 1 aromatic heterocycles. The highest BCUT2D eigenvalue weighted by molar-refractivity contribution is 5.89. The number of furan rings is 1. The average molecular weight is 234 g/mol. The number of carbonyl (C=O) groups excluding carboxylic acids is 1. The number of ketones is 1. The molecule has 0 saturated heterocycles. The highest BCUT2D eigenvalue weighted by atomic mass is 16.3. The summed E-state index contributed by atoms with van der Waals surface area (Å²) in [4.78, 5) is 11.6. The lowest BCUT2D eigenvalue weighted by atomic mass is 9.73. The van der Waals surface area contributed by atoms with Gasteiger partial charge in [0.15, 0.2) is 5.78 Å². The Labute approximate surface area is 101 Å². The van der Waals surface area contributed by atoms with E-state index in [1.54, 1.807) is 6.26 Å². The molecule has 1 heterocycles. The predicted octanol–water partition coefficient (Wildman–Crippen LogP) is 2.67. The fourth-order valence-corrected chi connectivity index (χ4v) is 2.86. The Morgan fingerprint density at radius 1 is 1.71 bits per heavy atom. The van der Waals surface area contributed by atoms with Gasteiger partial charge in [-0.15, -0.1) is 0 Å². The largest absolute Gasteiger partial charge is 0.469 e. The molecule has 17 heavy (non-hydrogen) atoms. The zero-order valence-electron chi connectivity index (χ0n) is 10.1. The van der Waals surface area contributed by atoms with Gasteiger partial charge in [0.1, 0.15) is 5.76 Å². The number of carbonyl (C=O) groups is 1. The van der Waals surface area contributed by atoms with E-state index < -0.39 is 11.5 Å². The Hall–Kier alpha value is -1.35. The van der Waals surface area contributed by atoms with Crippen LogP contribution >= 0.6 is 0 Å². The van der Waals surface area contributed by atoms with Gasteiger partial charge in [-0.1, -0.05) is 13.5 Å². The van der Waals surface area contributed by atoms with E-state index in [-0.39, 0.29) is 11.7 Å². The number of aliphatic hydroxyl groups is 1. The van der Waals surface area contributed by atoms with E-state index >= 15 is 0 Å². The first kappa shape index (κ1) is 12.1. The topological polar surface area (TPSA) is 50.4 Å².